The molecule has 4 atom stereocenters. The number of carbonyl (C=O) groups excluding carboxylic acids is 1. The van der Waals surface area contributed by atoms with Gasteiger partial charge in [-0.2, -0.15) is 0 Å². The lowest BCUT2D eigenvalue weighted by Gasteiger charge is -2.31. The lowest BCUT2D eigenvalue weighted by atomic mass is 9.74. The van der Waals surface area contributed by atoms with Gasteiger partial charge in [0.25, 0.3) is 0 Å². The zero-order valence-corrected chi connectivity index (χ0v) is 7.79. The van der Waals surface area contributed by atoms with Gasteiger partial charge in [0.15, 0.2) is 0 Å². The molecular formula is C10H17O2. The van der Waals surface area contributed by atoms with Crippen LogP contribution in [0.1, 0.15) is 26.7 Å². The molecule has 2 nitrogen and oxygen atoms in total. The zero-order chi connectivity index (χ0) is 9.30. The Labute approximate surface area is 74.0 Å². The largest absolute Gasteiger partial charge is 0.392 e. The van der Waals surface area contributed by atoms with Gasteiger partial charge in [0.2, 0.25) is 0 Å². The first-order valence-electron chi connectivity index (χ1n) is 4.57. The van der Waals surface area contributed by atoms with Gasteiger partial charge in [-0.15, -0.1) is 0 Å². The molecule has 0 aromatic rings. The van der Waals surface area contributed by atoms with E-state index in [1.54, 1.807) is 0 Å². The number of ketones is 1. The molecule has 1 N–H and O–H groups in total. The van der Waals surface area contributed by atoms with Gasteiger partial charge >= 0.3 is 0 Å². The first-order chi connectivity index (χ1) is 5.52. The molecule has 0 aromatic carbocycles. The molecule has 1 aliphatic carbocycles. The molecule has 0 spiro atoms. The van der Waals surface area contributed by atoms with Crippen LogP contribution < -0.4 is 0 Å². The summed E-state index contributed by atoms with van der Waals surface area (Å²) in [5.74, 6) is 0.619. The fourth-order valence-corrected chi connectivity index (χ4v) is 2.08. The standard InChI is InChI=1S/C10H17O2/c1-6-4-7(2)10(12)9(5-6)8(3)11/h6-9,11H,3-5H2,1-2H3. The Kier molecular flexibility index (Phi) is 2.89. The minimum atomic E-state index is -0.720. The molecule has 1 aliphatic rings. The van der Waals surface area contributed by atoms with Gasteiger partial charge in [-0.1, -0.05) is 13.8 Å². The zero-order valence-electron chi connectivity index (χ0n) is 7.79. The lowest BCUT2D eigenvalue weighted by molar-refractivity contribution is -0.132. The van der Waals surface area contributed by atoms with E-state index in [9.17, 15) is 9.90 Å². The Bertz CT molecular complexity index is 175. The maximum atomic E-state index is 11.5. The summed E-state index contributed by atoms with van der Waals surface area (Å²) in [6.07, 6.45) is 1.04. The van der Waals surface area contributed by atoms with Crippen molar-refractivity contribution < 1.29 is 9.90 Å². The smallest absolute Gasteiger partial charge is 0.141 e. The molecular weight excluding hydrogens is 152 g/mol. The van der Waals surface area contributed by atoms with Crippen LogP contribution in [0, 0.1) is 24.7 Å². The van der Waals surface area contributed by atoms with Crippen molar-refractivity contribution in [3.63, 3.8) is 0 Å². The van der Waals surface area contributed by atoms with E-state index in [1.807, 2.05) is 6.92 Å². The van der Waals surface area contributed by atoms with E-state index >= 15 is 0 Å². The average molecular weight is 169 g/mol. The van der Waals surface area contributed by atoms with Gasteiger partial charge in [0, 0.05) is 11.8 Å². The van der Waals surface area contributed by atoms with Crippen molar-refractivity contribution in [2.24, 2.45) is 17.8 Å². The molecule has 0 bridgehead atoms. The number of Topliss-reactive ketones (excluding diaryl/α,β-unsaturated/α-hetero) is 1. The fourth-order valence-electron chi connectivity index (χ4n) is 2.08. The maximum Gasteiger partial charge on any atom is 0.141 e. The van der Waals surface area contributed by atoms with Crippen molar-refractivity contribution >= 4 is 5.78 Å². The fraction of sp³-hybridized carbons (Fsp3) is 0.800. The van der Waals surface area contributed by atoms with Crippen molar-refractivity contribution in [3.05, 3.63) is 6.92 Å². The van der Waals surface area contributed by atoms with Crippen molar-refractivity contribution in [1.82, 2.24) is 0 Å². The molecule has 0 amide bonds. The first-order valence-corrected chi connectivity index (χ1v) is 4.57. The molecule has 0 aliphatic heterocycles. The van der Waals surface area contributed by atoms with Crippen LogP contribution in [0.15, 0.2) is 0 Å². The van der Waals surface area contributed by atoms with E-state index in [0.29, 0.717) is 5.92 Å². The van der Waals surface area contributed by atoms with Gasteiger partial charge in [-0.3, -0.25) is 4.79 Å². The van der Waals surface area contributed by atoms with Crippen LogP contribution in [0.2, 0.25) is 0 Å². The predicted molar refractivity (Wildman–Crippen MR) is 47.4 cm³/mol. The van der Waals surface area contributed by atoms with Gasteiger partial charge in [0.05, 0.1) is 6.10 Å². The van der Waals surface area contributed by atoms with Crippen LogP contribution in [-0.4, -0.2) is 17.0 Å². The first kappa shape index (κ1) is 9.72. The number of hydrogen-bond donors (Lipinski definition) is 1. The minimum absolute atomic E-state index is 0.107. The molecule has 69 valence electrons. The highest BCUT2D eigenvalue weighted by molar-refractivity contribution is 5.84. The van der Waals surface area contributed by atoms with Crippen LogP contribution in [0.3, 0.4) is 0 Å². The molecule has 1 rings (SSSR count). The Morgan fingerprint density at radius 1 is 1.50 bits per heavy atom. The van der Waals surface area contributed by atoms with E-state index in [1.165, 1.54) is 0 Å². The van der Waals surface area contributed by atoms with Crippen LogP contribution in [-0.2, 0) is 4.79 Å². The predicted octanol–water partition coefficient (Wildman–Crippen LogP) is 1.43. The Morgan fingerprint density at radius 3 is 2.58 bits per heavy atom. The molecule has 0 saturated heterocycles. The third-order valence-corrected chi connectivity index (χ3v) is 2.73. The second-order valence-corrected chi connectivity index (χ2v) is 4.05. The van der Waals surface area contributed by atoms with Gasteiger partial charge in [-0.05, 0) is 25.7 Å². The van der Waals surface area contributed by atoms with E-state index < -0.39 is 6.10 Å². The van der Waals surface area contributed by atoms with Crippen LogP contribution in [0.4, 0.5) is 0 Å². The summed E-state index contributed by atoms with van der Waals surface area (Å²) in [5, 5.41) is 9.25. The highest BCUT2D eigenvalue weighted by Gasteiger charge is 2.34. The Hall–Kier alpha value is -0.370. The average Bonchev–Trinajstić information content (AvgIpc) is 1.96. The molecule has 4 unspecified atom stereocenters. The second-order valence-electron chi connectivity index (χ2n) is 4.05. The molecule has 0 aromatic heterocycles. The van der Waals surface area contributed by atoms with E-state index in [0.717, 1.165) is 12.8 Å². The minimum Gasteiger partial charge on any atom is -0.392 e. The van der Waals surface area contributed by atoms with Crippen LogP contribution >= 0.6 is 0 Å². The van der Waals surface area contributed by atoms with Crippen LogP contribution in [0.25, 0.3) is 0 Å². The summed E-state index contributed by atoms with van der Waals surface area (Å²) in [5.41, 5.74) is 0. The van der Waals surface area contributed by atoms with Gasteiger partial charge in [0.1, 0.15) is 5.78 Å². The number of aliphatic hydroxyl groups is 1. The molecule has 0 heterocycles. The summed E-state index contributed by atoms with van der Waals surface area (Å²) in [6, 6.07) is 0. The number of carbonyl (C=O) groups is 1. The summed E-state index contributed by atoms with van der Waals surface area (Å²) in [6.45, 7) is 7.58. The van der Waals surface area contributed by atoms with E-state index in [4.69, 9.17) is 0 Å². The summed E-state index contributed by atoms with van der Waals surface area (Å²) in [4.78, 5) is 11.5. The topological polar surface area (TPSA) is 37.3 Å². The third-order valence-electron chi connectivity index (χ3n) is 2.73. The maximum absolute atomic E-state index is 11.5. The molecule has 1 radical (unpaired) electrons. The van der Waals surface area contributed by atoms with Crippen molar-refractivity contribution in [2.45, 2.75) is 32.8 Å². The summed E-state index contributed by atoms with van der Waals surface area (Å²) >= 11 is 0. The molecule has 2 heteroatoms. The Balaban J connectivity index is 2.66. The number of aliphatic hydroxyl groups excluding tert-OH is 1. The van der Waals surface area contributed by atoms with Gasteiger partial charge < -0.3 is 5.11 Å². The van der Waals surface area contributed by atoms with E-state index in [2.05, 4.69) is 13.8 Å². The second kappa shape index (κ2) is 3.56. The van der Waals surface area contributed by atoms with Crippen molar-refractivity contribution in [1.29, 1.82) is 0 Å². The quantitative estimate of drug-likeness (QED) is 0.644. The lowest BCUT2D eigenvalue weighted by Crippen LogP contribution is -2.36. The number of rotatable bonds is 1. The SMILES string of the molecule is [CH2]C(O)C1CC(C)CC(C)C1=O. The normalized spacial score (nSPS) is 39.7. The van der Waals surface area contributed by atoms with Crippen molar-refractivity contribution in [2.75, 3.05) is 0 Å². The third kappa shape index (κ3) is 1.86. The monoisotopic (exact) mass is 169 g/mol. The van der Waals surface area contributed by atoms with Gasteiger partial charge in [-0.25, -0.2) is 0 Å². The van der Waals surface area contributed by atoms with Crippen molar-refractivity contribution in [3.8, 4) is 0 Å². The van der Waals surface area contributed by atoms with E-state index in [-0.39, 0.29) is 17.6 Å². The molecule has 12 heavy (non-hydrogen) atoms. The highest BCUT2D eigenvalue weighted by Crippen LogP contribution is 2.31. The molecule has 1 saturated carbocycles. The summed E-state index contributed by atoms with van der Waals surface area (Å²) < 4.78 is 0. The number of hydrogen-bond acceptors (Lipinski definition) is 2. The molecule has 1 fully saturated rings. The summed E-state index contributed by atoms with van der Waals surface area (Å²) in [7, 11) is 0. The highest BCUT2D eigenvalue weighted by atomic mass is 16.3. The van der Waals surface area contributed by atoms with Crippen LogP contribution in [0.5, 0.6) is 0 Å². The Morgan fingerprint density at radius 2 is 2.08 bits per heavy atom.